The molecule has 2 N–H and O–H groups in total. The number of hydrogen-bond acceptors (Lipinski definition) is 0. The van der Waals surface area contributed by atoms with Gasteiger partial charge in [0.05, 0.1) is 0 Å². The van der Waals surface area contributed by atoms with Crippen molar-refractivity contribution in [1.29, 1.82) is 0 Å². The summed E-state index contributed by atoms with van der Waals surface area (Å²) in [5.41, 5.74) is 0. The predicted molar refractivity (Wildman–Crippen MR) is 29.3 cm³/mol. The van der Waals surface area contributed by atoms with Crippen LogP contribution in [0.5, 0.6) is 0 Å². The molecular weight excluding hydrogens is 103 g/mol. The van der Waals surface area contributed by atoms with Crippen molar-refractivity contribution >= 4 is 52.8 Å². The molecule has 0 saturated carbocycles. The van der Waals surface area contributed by atoms with E-state index in [0.717, 1.165) is 0 Å². The van der Waals surface area contributed by atoms with Gasteiger partial charge in [-0.05, 0) is 0 Å². The summed E-state index contributed by atoms with van der Waals surface area (Å²) in [7, 11) is 0. The molecule has 0 atom stereocenters. The quantitative estimate of drug-likeness (QED) is 0.309. The molecule has 0 heterocycles. The fourth-order valence-corrected chi connectivity index (χ4v) is 0. The van der Waals surface area contributed by atoms with Gasteiger partial charge in [0.2, 0.25) is 0 Å². The molecule has 0 aromatic carbocycles. The first-order valence-corrected chi connectivity index (χ1v) is 0. The summed E-state index contributed by atoms with van der Waals surface area (Å²) in [5.74, 6) is 0. The van der Waals surface area contributed by atoms with E-state index in [1.165, 1.54) is 0 Å². The molecule has 0 aromatic rings. The number of rotatable bonds is 0. The molecule has 0 aliphatic carbocycles. The van der Waals surface area contributed by atoms with Crippen LogP contribution in [-0.2, 0) is 0 Å². The van der Waals surface area contributed by atoms with E-state index in [-0.39, 0.29) is 58.3 Å². The highest BCUT2D eigenvalue weighted by molar-refractivity contribution is 5.85. The van der Waals surface area contributed by atoms with E-state index in [1.54, 1.807) is 0 Å². The molecule has 0 aliphatic heterocycles. The molecular formula is H8AlClMgO. The predicted octanol–water partition coefficient (Wildman–Crippen LogP) is -2.50. The molecule has 0 aliphatic rings. The van der Waals surface area contributed by atoms with Gasteiger partial charge in [0.1, 0.15) is 0 Å². The minimum absolute atomic E-state index is 0. The zero-order valence-corrected chi connectivity index (χ0v) is 1.72. The van der Waals surface area contributed by atoms with Crippen molar-refractivity contribution in [3.8, 4) is 0 Å². The normalized spacial score (nSPS) is 0. The summed E-state index contributed by atoms with van der Waals surface area (Å²) in [4.78, 5) is 0. The molecule has 0 rings (SSSR count). The highest BCUT2D eigenvalue weighted by atomic mass is 35.5. The lowest BCUT2D eigenvalue weighted by molar-refractivity contribution is 0.824. The third-order valence-electron chi connectivity index (χ3n) is 0. The summed E-state index contributed by atoms with van der Waals surface area (Å²) >= 11 is 0. The number of halogens is 1. The van der Waals surface area contributed by atoms with Crippen LogP contribution in [-0.4, -0.2) is 45.9 Å². The highest BCUT2D eigenvalue weighted by Crippen LogP contribution is 0.690. The monoisotopic (exact) mass is 110 g/mol. The first-order valence-electron chi connectivity index (χ1n) is 0. The van der Waals surface area contributed by atoms with Crippen LogP contribution in [0.4, 0.5) is 0 Å². The third-order valence-corrected chi connectivity index (χ3v) is 0. The Bertz CT molecular complexity index is 8.00. The van der Waals surface area contributed by atoms with Crippen LogP contribution in [0.25, 0.3) is 0 Å². The van der Waals surface area contributed by atoms with Crippen molar-refractivity contribution in [1.82, 2.24) is 0 Å². The highest BCUT2D eigenvalue weighted by Gasteiger charge is 0.316. The van der Waals surface area contributed by atoms with Crippen LogP contribution >= 0.6 is 12.4 Å². The van der Waals surface area contributed by atoms with Crippen LogP contribution in [0.2, 0.25) is 0 Å². The van der Waals surface area contributed by atoms with Crippen molar-refractivity contribution in [3.05, 3.63) is 0 Å². The van der Waals surface area contributed by atoms with Gasteiger partial charge in [-0.1, -0.05) is 0 Å². The van der Waals surface area contributed by atoms with Gasteiger partial charge in [-0.3, -0.25) is 0 Å². The Morgan fingerprint density at radius 1 is 1.00 bits per heavy atom. The van der Waals surface area contributed by atoms with Gasteiger partial charge in [0.25, 0.3) is 0 Å². The molecule has 0 saturated heterocycles. The molecule has 0 unspecified atom stereocenters. The van der Waals surface area contributed by atoms with Crippen LogP contribution in [0.3, 0.4) is 0 Å². The van der Waals surface area contributed by atoms with Gasteiger partial charge in [-0.15, -0.1) is 12.4 Å². The maximum Gasteiger partial charge on any atom is 0.316 e. The minimum atomic E-state index is 0. The summed E-state index contributed by atoms with van der Waals surface area (Å²) < 4.78 is 0. The van der Waals surface area contributed by atoms with Crippen molar-refractivity contribution in [2.75, 3.05) is 0 Å². The Morgan fingerprint density at radius 3 is 1.00 bits per heavy atom. The maximum atomic E-state index is 0. The third kappa shape index (κ3) is 9.61. The summed E-state index contributed by atoms with van der Waals surface area (Å²) in [5, 5.41) is 0. The zero-order valence-electron chi connectivity index (χ0n) is 0.908. The summed E-state index contributed by atoms with van der Waals surface area (Å²) in [6.45, 7) is 0. The van der Waals surface area contributed by atoms with Crippen molar-refractivity contribution in [2.24, 2.45) is 0 Å². The van der Waals surface area contributed by atoms with Gasteiger partial charge in [0, 0.05) is 0 Å². The van der Waals surface area contributed by atoms with E-state index in [0.29, 0.717) is 0 Å². The number of hydrogen-bond donors (Lipinski definition) is 0. The average molecular weight is 111 g/mol. The van der Waals surface area contributed by atoms with Crippen molar-refractivity contribution < 1.29 is 5.48 Å². The molecule has 0 spiro atoms. The van der Waals surface area contributed by atoms with Gasteiger partial charge in [0.15, 0.2) is 17.4 Å². The van der Waals surface area contributed by atoms with E-state index < -0.39 is 0 Å². The van der Waals surface area contributed by atoms with Crippen LogP contribution in [0.1, 0.15) is 0 Å². The van der Waals surface area contributed by atoms with Gasteiger partial charge >= 0.3 is 23.1 Å². The average Bonchev–Trinajstić information content (AvgIpc) is 0. The Morgan fingerprint density at radius 2 is 1.00 bits per heavy atom. The van der Waals surface area contributed by atoms with Crippen molar-refractivity contribution in [2.45, 2.75) is 0 Å². The second-order valence-electron chi connectivity index (χ2n) is 0. The molecule has 0 amide bonds. The Balaban J connectivity index is 0. The lowest BCUT2D eigenvalue weighted by atomic mass is 16.0. The Labute approximate surface area is 58.1 Å². The maximum absolute atomic E-state index is 0. The first-order chi connectivity index (χ1) is 0. The van der Waals surface area contributed by atoms with Crippen LogP contribution in [0, 0.1) is 0 Å². The standard InChI is InChI=1S/Al.ClH.Mg.H2O.5H/h;1H;;1H2;;;;;. The zero-order chi connectivity index (χ0) is 0. The van der Waals surface area contributed by atoms with E-state index >= 15 is 0 Å². The molecule has 0 bridgehead atoms. The summed E-state index contributed by atoms with van der Waals surface area (Å²) in [6.07, 6.45) is 0. The lowest BCUT2D eigenvalue weighted by Gasteiger charge is -0.412. The molecule has 0 fully saturated rings. The first kappa shape index (κ1) is 47.9. The molecule has 4 heavy (non-hydrogen) atoms. The van der Waals surface area contributed by atoms with Crippen LogP contribution in [0.15, 0.2) is 0 Å². The van der Waals surface area contributed by atoms with Crippen molar-refractivity contribution in [3.63, 3.8) is 0 Å². The van der Waals surface area contributed by atoms with E-state index in [4.69, 9.17) is 0 Å². The SMILES string of the molecule is Cl.O.[AlH3].[MgH2]. The molecule has 0 aromatic heterocycles. The fourth-order valence-electron chi connectivity index (χ4n) is 0. The second kappa shape index (κ2) is 23.9. The summed E-state index contributed by atoms with van der Waals surface area (Å²) in [6, 6.07) is 0. The largest absolute Gasteiger partial charge is 0.412 e. The lowest BCUT2D eigenvalue weighted by Crippen LogP contribution is -0.382. The van der Waals surface area contributed by atoms with Gasteiger partial charge in [-0.2, -0.15) is 0 Å². The van der Waals surface area contributed by atoms with Crippen LogP contribution < -0.4 is 0 Å². The molecule has 0 radical (unpaired) electrons. The Hall–Kier alpha value is 1.55. The van der Waals surface area contributed by atoms with E-state index in [9.17, 15) is 0 Å². The topological polar surface area (TPSA) is 31.5 Å². The fraction of sp³-hybridized carbons (Fsp3) is 0. The molecule has 26 valence electrons. The second-order valence-corrected chi connectivity index (χ2v) is 0. The minimum Gasteiger partial charge on any atom is -0.412 e. The smallest absolute Gasteiger partial charge is 0.316 e. The Kier molecular flexibility index (Phi) is 286. The van der Waals surface area contributed by atoms with E-state index in [1.807, 2.05) is 0 Å². The molecule has 1 nitrogen and oxygen atoms in total. The van der Waals surface area contributed by atoms with E-state index in [2.05, 4.69) is 0 Å². The molecule has 4 heteroatoms. The van der Waals surface area contributed by atoms with Gasteiger partial charge in [-0.25, -0.2) is 0 Å². The van der Waals surface area contributed by atoms with Gasteiger partial charge < -0.3 is 5.48 Å².